The predicted molar refractivity (Wildman–Crippen MR) is 88.2 cm³/mol. The zero-order valence-corrected chi connectivity index (χ0v) is 13.0. The molecule has 1 aliphatic rings. The first-order chi connectivity index (χ1) is 10.2. The molecule has 110 valence electrons. The van der Waals surface area contributed by atoms with Crippen molar-refractivity contribution >= 4 is 5.69 Å². The van der Waals surface area contributed by atoms with Crippen molar-refractivity contribution in [3.8, 4) is 5.75 Å². The number of fused-ring (bicyclic) bond motifs is 1. The van der Waals surface area contributed by atoms with Crippen LogP contribution in [0, 0.1) is 0 Å². The number of rotatable bonds is 3. The molecule has 2 nitrogen and oxygen atoms in total. The molecule has 1 atom stereocenters. The lowest BCUT2D eigenvalue weighted by Crippen LogP contribution is -2.23. The summed E-state index contributed by atoms with van der Waals surface area (Å²) in [7, 11) is 0. The summed E-state index contributed by atoms with van der Waals surface area (Å²) in [6.45, 7) is 7.43. The Hall–Kier alpha value is -1.96. The normalized spacial score (nSPS) is 17.0. The average Bonchev–Trinajstić information content (AvgIpc) is 2.54. The monoisotopic (exact) mass is 281 g/mol. The number of aryl methyl sites for hydroxylation is 1. The van der Waals surface area contributed by atoms with E-state index >= 15 is 0 Å². The second kappa shape index (κ2) is 5.80. The molecule has 0 saturated carbocycles. The van der Waals surface area contributed by atoms with E-state index in [1.807, 2.05) is 0 Å². The van der Waals surface area contributed by atoms with Crippen LogP contribution in [0.4, 0.5) is 5.69 Å². The smallest absolute Gasteiger partial charge is 0.143 e. The highest BCUT2D eigenvalue weighted by molar-refractivity contribution is 5.60. The molecular formula is C19H23NO. The molecule has 1 unspecified atom stereocenters. The van der Waals surface area contributed by atoms with Crippen molar-refractivity contribution in [2.24, 2.45) is 0 Å². The van der Waals surface area contributed by atoms with Crippen LogP contribution in [-0.2, 0) is 6.42 Å². The minimum atomic E-state index is 0.0891. The summed E-state index contributed by atoms with van der Waals surface area (Å²) in [5, 5.41) is 3.50. The minimum absolute atomic E-state index is 0.0891. The number of benzene rings is 2. The largest absolute Gasteiger partial charge is 0.482 e. The molecule has 0 radical (unpaired) electrons. The van der Waals surface area contributed by atoms with Crippen LogP contribution in [0.3, 0.4) is 0 Å². The fraction of sp³-hybridized carbons (Fsp3) is 0.368. The van der Waals surface area contributed by atoms with Crippen LogP contribution in [-0.4, -0.2) is 6.54 Å². The van der Waals surface area contributed by atoms with E-state index in [-0.39, 0.29) is 6.10 Å². The van der Waals surface area contributed by atoms with E-state index in [0.29, 0.717) is 5.92 Å². The highest BCUT2D eigenvalue weighted by atomic mass is 16.5. The highest BCUT2D eigenvalue weighted by Crippen LogP contribution is 2.35. The van der Waals surface area contributed by atoms with Gasteiger partial charge in [-0.1, -0.05) is 51.1 Å². The molecule has 0 spiro atoms. The van der Waals surface area contributed by atoms with Crippen LogP contribution in [0.15, 0.2) is 42.5 Å². The molecule has 0 amide bonds. The van der Waals surface area contributed by atoms with Gasteiger partial charge in [-0.05, 0) is 41.2 Å². The third-order valence-corrected chi connectivity index (χ3v) is 4.17. The zero-order chi connectivity index (χ0) is 14.8. The molecule has 0 saturated heterocycles. The van der Waals surface area contributed by atoms with Gasteiger partial charge in [0, 0.05) is 0 Å². The summed E-state index contributed by atoms with van der Waals surface area (Å²) in [6, 6.07) is 15.2. The molecule has 1 N–H and O–H groups in total. The summed E-state index contributed by atoms with van der Waals surface area (Å²) in [6.07, 6.45) is 1.14. The molecule has 1 heterocycles. The third-order valence-electron chi connectivity index (χ3n) is 4.17. The van der Waals surface area contributed by atoms with Gasteiger partial charge >= 0.3 is 0 Å². The van der Waals surface area contributed by atoms with Gasteiger partial charge in [-0.2, -0.15) is 0 Å². The quantitative estimate of drug-likeness (QED) is 0.862. The summed E-state index contributed by atoms with van der Waals surface area (Å²) in [4.78, 5) is 0. The Morgan fingerprint density at radius 2 is 1.90 bits per heavy atom. The average molecular weight is 281 g/mol. The van der Waals surface area contributed by atoms with Gasteiger partial charge in [-0.3, -0.25) is 0 Å². The Kier molecular flexibility index (Phi) is 3.87. The Morgan fingerprint density at radius 3 is 2.57 bits per heavy atom. The van der Waals surface area contributed by atoms with E-state index in [1.54, 1.807) is 0 Å². The van der Waals surface area contributed by atoms with Crippen molar-refractivity contribution in [1.29, 1.82) is 0 Å². The molecule has 0 bridgehead atoms. The molecule has 2 heteroatoms. The van der Waals surface area contributed by atoms with Crippen LogP contribution in [0.2, 0.25) is 0 Å². The van der Waals surface area contributed by atoms with Gasteiger partial charge in [0.15, 0.2) is 0 Å². The highest BCUT2D eigenvalue weighted by Gasteiger charge is 2.21. The van der Waals surface area contributed by atoms with Crippen LogP contribution in [0.5, 0.6) is 5.75 Å². The fourth-order valence-electron chi connectivity index (χ4n) is 2.72. The zero-order valence-electron chi connectivity index (χ0n) is 13.0. The Bertz CT molecular complexity index is 616. The van der Waals surface area contributed by atoms with Crippen molar-refractivity contribution in [3.05, 3.63) is 59.2 Å². The lowest BCUT2D eigenvalue weighted by atomic mass is 9.99. The molecule has 0 aliphatic carbocycles. The molecule has 0 fully saturated rings. The number of hydrogen-bond donors (Lipinski definition) is 1. The van der Waals surface area contributed by atoms with E-state index in [1.165, 1.54) is 16.7 Å². The SMILES string of the molecule is CCc1ccc2c(c1)NCC(c1ccc(C(C)C)cc1)O2. The Balaban J connectivity index is 1.79. The van der Waals surface area contributed by atoms with Gasteiger partial charge in [-0.15, -0.1) is 0 Å². The molecule has 3 rings (SSSR count). The Labute approximate surface area is 127 Å². The second-order valence-electron chi connectivity index (χ2n) is 5.99. The maximum absolute atomic E-state index is 6.16. The minimum Gasteiger partial charge on any atom is -0.482 e. The first-order valence-corrected chi connectivity index (χ1v) is 7.80. The van der Waals surface area contributed by atoms with Crippen molar-refractivity contribution in [1.82, 2.24) is 0 Å². The van der Waals surface area contributed by atoms with E-state index in [4.69, 9.17) is 4.74 Å². The maximum Gasteiger partial charge on any atom is 0.143 e. The number of hydrogen-bond acceptors (Lipinski definition) is 2. The first kappa shape index (κ1) is 14.0. The maximum atomic E-state index is 6.16. The first-order valence-electron chi connectivity index (χ1n) is 7.80. The van der Waals surface area contributed by atoms with E-state index in [0.717, 1.165) is 24.4 Å². The van der Waals surface area contributed by atoms with Crippen LogP contribution < -0.4 is 10.1 Å². The topological polar surface area (TPSA) is 21.3 Å². The van der Waals surface area contributed by atoms with Crippen molar-refractivity contribution < 1.29 is 4.74 Å². The van der Waals surface area contributed by atoms with E-state index < -0.39 is 0 Å². The molecule has 0 aromatic heterocycles. The van der Waals surface area contributed by atoms with Crippen LogP contribution in [0.25, 0.3) is 0 Å². The molecule has 21 heavy (non-hydrogen) atoms. The molecular weight excluding hydrogens is 258 g/mol. The van der Waals surface area contributed by atoms with Crippen molar-refractivity contribution in [3.63, 3.8) is 0 Å². The molecule has 1 aliphatic heterocycles. The third kappa shape index (κ3) is 2.90. The lowest BCUT2D eigenvalue weighted by Gasteiger charge is -2.28. The van der Waals surface area contributed by atoms with Crippen molar-refractivity contribution in [2.45, 2.75) is 39.2 Å². The number of ether oxygens (including phenoxy) is 1. The van der Waals surface area contributed by atoms with Crippen LogP contribution in [0.1, 0.15) is 49.5 Å². The Morgan fingerprint density at radius 1 is 1.14 bits per heavy atom. The summed E-state index contributed by atoms with van der Waals surface area (Å²) in [5.74, 6) is 1.52. The van der Waals surface area contributed by atoms with Gasteiger partial charge in [0.25, 0.3) is 0 Å². The van der Waals surface area contributed by atoms with Crippen molar-refractivity contribution in [2.75, 3.05) is 11.9 Å². The number of nitrogens with one attached hydrogen (secondary N) is 1. The molecule has 2 aromatic rings. The standard InChI is InChI=1S/C19H23NO/c1-4-14-5-10-18-17(11-14)20-12-19(21-18)16-8-6-15(7-9-16)13(2)3/h5-11,13,19-20H,4,12H2,1-3H3. The van der Waals surface area contributed by atoms with Gasteiger partial charge in [-0.25, -0.2) is 0 Å². The number of anilines is 1. The molecule has 2 aromatic carbocycles. The van der Waals surface area contributed by atoms with Crippen LogP contribution >= 0.6 is 0 Å². The van der Waals surface area contributed by atoms with E-state index in [2.05, 4.69) is 68.6 Å². The summed E-state index contributed by atoms with van der Waals surface area (Å²) < 4.78 is 6.16. The fourth-order valence-corrected chi connectivity index (χ4v) is 2.72. The van der Waals surface area contributed by atoms with Gasteiger partial charge in [0.2, 0.25) is 0 Å². The van der Waals surface area contributed by atoms with Gasteiger partial charge in [0.05, 0.1) is 12.2 Å². The van der Waals surface area contributed by atoms with Gasteiger partial charge in [0.1, 0.15) is 11.9 Å². The van der Waals surface area contributed by atoms with Gasteiger partial charge < -0.3 is 10.1 Å². The second-order valence-corrected chi connectivity index (χ2v) is 5.99. The summed E-state index contributed by atoms with van der Waals surface area (Å²) >= 11 is 0. The lowest BCUT2D eigenvalue weighted by molar-refractivity contribution is 0.210. The van der Waals surface area contributed by atoms with E-state index in [9.17, 15) is 0 Å². The summed E-state index contributed by atoms with van der Waals surface area (Å²) in [5.41, 5.74) is 5.06. The predicted octanol–water partition coefficient (Wildman–Crippen LogP) is 4.92.